The number of methoxy groups -OCH3 is 1. The van der Waals surface area contributed by atoms with Crippen molar-refractivity contribution in [3.05, 3.63) is 36.4 Å². The Morgan fingerprint density at radius 1 is 1.56 bits per heavy atom. The van der Waals surface area contributed by atoms with Crippen molar-refractivity contribution in [2.24, 2.45) is 0 Å². The normalized spacial score (nSPS) is 9.56. The van der Waals surface area contributed by atoms with E-state index in [-0.39, 0.29) is 6.61 Å². The fourth-order valence-electron chi connectivity index (χ4n) is 1.34. The Labute approximate surface area is 94.1 Å². The maximum absolute atomic E-state index is 10.5. The number of para-hydroxylation sites is 1. The summed E-state index contributed by atoms with van der Waals surface area (Å²) in [5.74, 6) is -0.0247. The molecule has 0 aliphatic rings. The Balaban J connectivity index is 2.98. The second kappa shape index (κ2) is 5.80. The summed E-state index contributed by atoms with van der Waals surface area (Å²) >= 11 is 0. The fourth-order valence-corrected chi connectivity index (χ4v) is 1.34. The number of carbonyl (C=O) groups is 1. The van der Waals surface area contributed by atoms with Gasteiger partial charge in [-0.25, -0.2) is 4.79 Å². The Hall–Kier alpha value is -1.97. The molecule has 86 valence electrons. The summed E-state index contributed by atoms with van der Waals surface area (Å²) in [7, 11) is 1.51. The van der Waals surface area contributed by atoms with Crippen molar-refractivity contribution in [1.29, 1.82) is 0 Å². The zero-order valence-corrected chi connectivity index (χ0v) is 9.10. The lowest BCUT2D eigenvalue weighted by atomic mass is 10.1. The molecule has 0 amide bonds. The first-order valence-corrected chi connectivity index (χ1v) is 4.80. The molecule has 0 radical (unpaired) electrons. The lowest BCUT2D eigenvalue weighted by molar-refractivity contribution is -0.139. The van der Waals surface area contributed by atoms with Gasteiger partial charge in [-0.05, 0) is 12.5 Å². The smallest absolute Gasteiger partial charge is 0.341 e. The number of hydrogen-bond acceptors (Lipinski definition) is 3. The highest BCUT2D eigenvalue weighted by Gasteiger charge is 2.10. The number of ether oxygens (including phenoxy) is 2. The van der Waals surface area contributed by atoms with Gasteiger partial charge >= 0.3 is 5.97 Å². The molecule has 0 fully saturated rings. The van der Waals surface area contributed by atoms with E-state index in [1.165, 1.54) is 7.11 Å². The molecule has 4 nitrogen and oxygen atoms in total. The van der Waals surface area contributed by atoms with E-state index in [0.717, 1.165) is 5.56 Å². The summed E-state index contributed by atoms with van der Waals surface area (Å²) in [5, 5.41) is 8.57. The predicted octanol–water partition coefficient (Wildman–Crippen LogP) is 1.89. The average Bonchev–Trinajstić information content (AvgIpc) is 2.27. The lowest BCUT2D eigenvalue weighted by Crippen LogP contribution is -2.11. The molecule has 0 saturated carbocycles. The Morgan fingerprint density at radius 2 is 2.31 bits per heavy atom. The lowest BCUT2D eigenvalue weighted by Gasteiger charge is -2.12. The third-order valence-corrected chi connectivity index (χ3v) is 1.98. The van der Waals surface area contributed by atoms with E-state index in [9.17, 15) is 4.79 Å². The van der Waals surface area contributed by atoms with Crippen molar-refractivity contribution >= 4 is 5.97 Å². The van der Waals surface area contributed by atoms with Crippen LogP contribution in [0.3, 0.4) is 0 Å². The van der Waals surface area contributed by atoms with Gasteiger partial charge in [-0.15, -0.1) is 6.58 Å². The average molecular weight is 222 g/mol. The number of aliphatic carboxylic acids is 1. The van der Waals surface area contributed by atoms with Gasteiger partial charge in [0.25, 0.3) is 0 Å². The van der Waals surface area contributed by atoms with Crippen LogP contribution in [0.2, 0.25) is 0 Å². The molecule has 4 heteroatoms. The highest BCUT2D eigenvalue weighted by molar-refractivity contribution is 5.68. The van der Waals surface area contributed by atoms with E-state index in [1.54, 1.807) is 12.1 Å². The van der Waals surface area contributed by atoms with E-state index in [4.69, 9.17) is 14.6 Å². The molecular weight excluding hydrogens is 208 g/mol. The van der Waals surface area contributed by atoms with Gasteiger partial charge in [0, 0.05) is 5.56 Å². The number of carboxylic acids is 1. The van der Waals surface area contributed by atoms with Crippen molar-refractivity contribution in [3.8, 4) is 11.5 Å². The van der Waals surface area contributed by atoms with E-state index in [0.29, 0.717) is 17.9 Å². The minimum atomic E-state index is -1.02. The molecule has 0 unspecified atom stereocenters. The summed E-state index contributed by atoms with van der Waals surface area (Å²) in [4.78, 5) is 10.5. The molecule has 1 aromatic carbocycles. The number of carboxylic acid groups (broad SMARTS) is 1. The van der Waals surface area contributed by atoms with Crippen LogP contribution in [0.25, 0.3) is 0 Å². The molecule has 0 saturated heterocycles. The fraction of sp³-hybridized carbons (Fsp3) is 0.250. The molecule has 16 heavy (non-hydrogen) atoms. The van der Waals surface area contributed by atoms with Crippen LogP contribution >= 0.6 is 0 Å². The Kier molecular flexibility index (Phi) is 4.39. The van der Waals surface area contributed by atoms with E-state index < -0.39 is 5.97 Å². The van der Waals surface area contributed by atoms with Gasteiger partial charge < -0.3 is 14.6 Å². The summed E-state index contributed by atoms with van der Waals surface area (Å²) < 4.78 is 10.3. The maximum Gasteiger partial charge on any atom is 0.341 e. The number of benzene rings is 1. The molecular formula is C12H14O4. The Bertz CT molecular complexity index is 385. The van der Waals surface area contributed by atoms with E-state index in [1.807, 2.05) is 12.1 Å². The first-order valence-electron chi connectivity index (χ1n) is 4.80. The topological polar surface area (TPSA) is 55.8 Å². The minimum absolute atomic E-state index is 0.384. The molecule has 0 aromatic heterocycles. The van der Waals surface area contributed by atoms with Crippen LogP contribution in [0.4, 0.5) is 0 Å². The molecule has 1 N–H and O–H groups in total. The summed E-state index contributed by atoms with van der Waals surface area (Å²) in [5.41, 5.74) is 0.857. The van der Waals surface area contributed by atoms with Crippen LogP contribution in [-0.4, -0.2) is 24.8 Å². The summed E-state index contributed by atoms with van der Waals surface area (Å²) in [6.45, 7) is 3.25. The van der Waals surface area contributed by atoms with E-state index in [2.05, 4.69) is 6.58 Å². The van der Waals surface area contributed by atoms with Crippen molar-refractivity contribution < 1.29 is 19.4 Å². The monoisotopic (exact) mass is 222 g/mol. The number of hydrogen-bond donors (Lipinski definition) is 1. The van der Waals surface area contributed by atoms with Gasteiger partial charge in [0.2, 0.25) is 0 Å². The quantitative estimate of drug-likeness (QED) is 0.747. The maximum atomic E-state index is 10.5. The molecule has 0 heterocycles. The van der Waals surface area contributed by atoms with Gasteiger partial charge in [0.15, 0.2) is 18.1 Å². The zero-order chi connectivity index (χ0) is 12.0. The SMILES string of the molecule is C=CCc1cccc(OC)c1OCC(=O)O. The van der Waals surface area contributed by atoms with Gasteiger partial charge in [0.05, 0.1) is 7.11 Å². The van der Waals surface area contributed by atoms with Crippen LogP contribution < -0.4 is 9.47 Å². The molecule has 1 aromatic rings. The first kappa shape index (κ1) is 12.1. The van der Waals surface area contributed by atoms with Gasteiger partial charge in [-0.1, -0.05) is 18.2 Å². The van der Waals surface area contributed by atoms with Crippen molar-refractivity contribution in [2.45, 2.75) is 6.42 Å². The minimum Gasteiger partial charge on any atom is -0.493 e. The molecule has 0 atom stereocenters. The highest BCUT2D eigenvalue weighted by Crippen LogP contribution is 2.31. The molecule has 0 aliphatic heterocycles. The standard InChI is InChI=1S/C12H14O4/c1-3-5-9-6-4-7-10(15-2)12(9)16-8-11(13)14/h3-4,6-7H,1,5,8H2,2H3,(H,13,14). The van der Waals surface area contributed by atoms with Gasteiger partial charge in [-0.3, -0.25) is 0 Å². The highest BCUT2D eigenvalue weighted by atomic mass is 16.5. The zero-order valence-electron chi connectivity index (χ0n) is 9.10. The van der Waals surface area contributed by atoms with Crippen LogP contribution in [-0.2, 0) is 11.2 Å². The van der Waals surface area contributed by atoms with Crippen molar-refractivity contribution in [1.82, 2.24) is 0 Å². The van der Waals surface area contributed by atoms with Gasteiger partial charge in [0.1, 0.15) is 0 Å². The van der Waals surface area contributed by atoms with Crippen molar-refractivity contribution in [2.75, 3.05) is 13.7 Å². The van der Waals surface area contributed by atoms with E-state index >= 15 is 0 Å². The van der Waals surface area contributed by atoms with Crippen molar-refractivity contribution in [3.63, 3.8) is 0 Å². The predicted molar refractivity (Wildman–Crippen MR) is 60.0 cm³/mol. The van der Waals surface area contributed by atoms with Crippen LogP contribution in [0.5, 0.6) is 11.5 Å². The second-order valence-corrected chi connectivity index (χ2v) is 3.12. The summed E-state index contributed by atoms with van der Waals surface area (Å²) in [6.07, 6.45) is 2.33. The molecule has 1 rings (SSSR count). The van der Waals surface area contributed by atoms with Crippen LogP contribution in [0.1, 0.15) is 5.56 Å². The van der Waals surface area contributed by atoms with Crippen LogP contribution in [0, 0.1) is 0 Å². The second-order valence-electron chi connectivity index (χ2n) is 3.12. The molecule has 0 spiro atoms. The third kappa shape index (κ3) is 3.02. The van der Waals surface area contributed by atoms with Crippen LogP contribution in [0.15, 0.2) is 30.9 Å². The number of rotatable bonds is 6. The third-order valence-electron chi connectivity index (χ3n) is 1.98. The molecule has 0 bridgehead atoms. The largest absolute Gasteiger partial charge is 0.493 e. The summed E-state index contributed by atoms with van der Waals surface area (Å²) in [6, 6.07) is 5.40. The van der Waals surface area contributed by atoms with Gasteiger partial charge in [-0.2, -0.15) is 0 Å². The molecule has 0 aliphatic carbocycles. The first-order chi connectivity index (χ1) is 7.69. The Morgan fingerprint density at radius 3 is 2.88 bits per heavy atom. The number of allylic oxidation sites excluding steroid dienone is 1.